The number of nitrogens with two attached hydrogens (primary N) is 1. The summed E-state index contributed by atoms with van der Waals surface area (Å²) in [7, 11) is 0. The summed E-state index contributed by atoms with van der Waals surface area (Å²) in [6.45, 7) is 0. The molecule has 0 bridgehead atoms. The molecule has 0 saturated carbocycles. The van der Waals surface area contributed by atoms with Crippen molar-refractivity contribution in [2.45, 2.75) is 6.42 Å². The van der Waals surface area contributed by atoms with Crippen molar-refractivity contribution < 1.29 is 0 Å². The normalized spacial score (nSPS) is 9.00. The Morgan fingerprint density at radius 2 is 2.55 bits per heavy atom. The van der Waals surface area contributed by atoms with Gasteiger partial charge in [0.25, 0.3) is 0 Å². The standard InChI is InChI=1S/C7H7N3S/c8-3-5-1-6(11-4-5)2-7(9)10/h1,4H,2H2,(H3,9,10). The van der Waals surface area contributed by atoms with Crippen LogP contribution in [0.15, 0.2) is 11.4 Å². The molecule has 0 aliphatic rings. The van der Waals surface area contributed by atoms with Gasteiger partial charge >= 0.3 is 0 Å². The van der Waals surface area contributed by atoms with Crippen molar-refractivity contribution >= 4 is 17.2 Å². The van der Waals surface area contributed by atoms with Gasteiger partial charge in [-0.1, -0.05) is 0 Å². The summed E-state index contributed by atoms with van der Waals surface area (Å²) >= 11 is 1.46. The second-order valence-electron chi connectivity index (χ2n) is 2.12. The lowest BCUT2D eigenvalue weighted by molar-refractivity contribution is 1.29. The molecule has 0 saturated heterocycles. The predicted molar refractivity (Wildman–Crippen MR) is 44.7 cm³/mol. The van der Waals surface area contributed by atoms with Gasteiger partial charge in [0, 0.05) is 16.7 Å². The highest BCUT2D eigenvalue weighted by molar-refractivity contribution is 7.10. The van der Waals surface area contributed by atoms with Crippen molar-refractivity contribution in [2.75, 3.05) is 0 Å². The highest BCUT2D eigenvalue weighted by Gasteiger charge is 1.99. The molecule has 4 heteroatoms. The molecule has 0 amide bonds. The van der Waals surface area contributed by atoms with Gasteiger partial charge in [-0.2, -0.15) is 5.26 Å². The van der Waals surface area contributed by atoms with Crippen LogP contribution < -0.4 is 5.73 Å². The number of rotatable bonds is 2. The molecule has 0 unspecified atom stereocenters. The van der Waals surface area contributed by atoms with Crippen LogP contribution in [0.3, 0.4) is 0 Å². The van der Waals surface area contributed by atoms with Crippen molar-refractivity contribution in [1.29, 1.82) is 10.7 Å². The van der Waals surface area contributed by atoms with E-state index in [0.29, 0.717) is 12.0 Å². The van der Waals surface area contributed by atoms with Crippen LogP contribution in [-0.4, -0.2) is 5.84 Å². The molecule has 0 fully saturated rings. The van der Waals surface area contributed by atoms with Gasteiger partial charge in [-0.3, -0.25) is 5.41 Å². The van der Waals surface area contributed by atoms with E-state index in [0.717, 1.165) is 4.88 Å². The first-order chi connectivity index (χ1) is 5.22. The summed E-state index contributed by atoms with van der Waals surface area (Å²) in [5, 5.41) is 17.2. The van der Waals surface area contributed by atoms with Crippen LogP contribution in [0, 0.1) is 16.7 Å². The summed E-state index contributed by atoms with van der Waals surface area (Å²) in [6, 6.07) is 3.78. The van der Waals surface area contributed by atoms with E-state index < -0.39 is 0 Å². The molecule has 0 aliphatic carbocycles. The van der Waals surface area contributed by atoms with Gasteiger partial charge in [-0.15, -0.1) is 11.3 Å². The maximum atomic E-state index is 8.46. The molecule has 0 spiro atoms. The van der Waals surface area contributed by atoms with Crippen LogP contribution in [0.25, 0.3) is 0 Å². The van der Waals surface area contributed by atoms with Crippen molar-refractivity contribution in [1.82, 2.24) is 0 Å². The number of amidine groups is 1. The molecular formula is C7H7N3S. The highest BCUT2D eigenvalue weighted by Crippen LogP contribution is 2.13. The van der Waals surface area contributed by atoms with Gasteiger partial charge in [0.15, 0.2) is 0 Å². The first kappa shape index (κ1) is 7.76. The zero-order chi connectivity index (χ0) is 8.27. The van der Waals surface area contributed by atoms with Gasteiger partial charge in [0.2, 0.25) is 0 Å². The number of hydrogen-bond donors (Lipinski definition) is 2. The molecule has 11 heavy (non-hydrogen) atoms. The molecule has 0 radical (unpaired) electrons. The van der Waals surface area contributed by atoms with E-state index in [2.05, 4.69) is 0 Å². The van der Waals surface area contributed by atoms with E-state index in [1.807, 2.05) is 6.07 Å². The predicted octanol–water partition coefficient (Wildman–Crippen LogP) is 1.10. The lowest BCUT2D eigenvalue weighted by Crippen LogP contribution is -2.11. The number of nitrogens with one attached hydrogen (secondary N) is 1. The van der Waals surface area contributed by atoms with Gasteiger partial charge < -0.3 is 5.73 Å². The minimum Gasteiger partial charge on any atom is -0.387 e. The lowest BCUT2D eigenvalue weighted by atomic mass is 10.3. The van der Waals surface area contributed by atoms with Crippen LogP contribution in [0.5, 0.6) is 0 Å². The second kappa shape index (κ2) is 3.17. The van der Waals surface area contributed by atoms with Crippen molar-refractivity contribution in [3.8, 4) is 6.07 Å². The minimum absolute atomic E-state index is 0.135. The third-order valence-corrected chi connectivity index (χ3v) is 2.08. The summed E-state index contributed by atoms with van der Waals surface area (Å²) in [4.78, 5) is 0.967. The Balaban J connectivity index is 2.75. The molecule has 1 aromatic rings. The van der Waals surface area contributed by atoms with Crippen molar-refractivity contribution in [3.63, 3.8) is 0 Å². The van der Waals surface area contributed by atoms with Gasteiger partial charge in [-0.25, -0.2) is 0 Å². The number of thiophene rings is 1. The monoisotopic (exact) mass is 165 g/mol. The zero-order valence-electron chi connectivity index (χ0n) is 5.79. The molecule has 0 atom stereocenters. The van der Waals surface area contributed by atoms with E-state index in [1.165, 1.54) is 11.3 Å². The fraction of sp³-hybridized carbons (Fsp3) is 0.143. The molecule has 56 valence electrons. The second-order valence-corrected chi connectivity index (χ2v) is 3.11. The fourth-order valence-corrected chi connectivity index (χ4v) is 1.55. The largest absolute Gasteiger partial charge is 0.387 e. The Morgan fingerprint density at radius 3 is 3.00 bits per heavy atom. The quantitative estimate of drug-likeness (QED) is 0.508. The Hall–Kier alpha value is -1.34. The van der Waals surface area contributed by atoms with Crippen LogP contribution in [-0.2, 0) is 6.42 Å². The Morgan fingerprint density at radius 1 is 1.82 bits per heavy atom. The third kappa shape index (κ3) is 2.06. The molecule has 3 nitrogen and oxygen atoms in total. The average molecular weight is 165 g/mol. The van der Waals surface area contributed by atoms with E-state index in [1.54, 1.807) is 11.4 Å². The molecular weight excluding hydrogens is 158 g/mol. The molecule has 0 aromatic carbocycles. The smallest absolute Gasteiger partial charge is 0.100 e. The number of nitrogens with zero attached hydrogens (tertiary/aromatic N) is 1. The first-order valence-corrected chi connectivity index (χ1v) is 3.90. The maximum absolute atomic E-state index is 8.46. The molecule has 1 heterocycles. The maximum Gasteiger partial charge on any atom is 0.100 e. The Labute approximate surface area is 68.6 Å². The molecule has 3 N–H and O–H groups in total. The number of hydrogen-bond acceptors (Lipinski definition) is 3. The molecule has 0 aliphatic heterocycles. The summed E-state index contributed by atoms with van der Waals surface area (Å²) < 4.78 is 0. The topological polar surface area (TPSA) is 73.7 Å². The Kier molecular flexibility index (Phi) is 2.24. The average Bonchev–Trinajstić information content (AvgIpc) is 2.34. The molecule has 1 rings (SSSR count). The number of nitriles is 1. The van der Waals surface area contributed by atoms with E-state index >= 15 is 0 Å². The first-order valence-electron chi connectivity index (χ1n) is 3.03. The highest BCUT2D eigenvalue weighted by atomic mass is 32.1. The summed E-state index contributed by atoms with van der Waals surface area (Å²) in [5.74, 6) is 0.135. The van der Waals surface area contributed by atoms with Crippen LogP contribution in [0.1, 0.15) is 10.4 Å². The van der Waals surface area contributed by atoms with Gasteiger partial charge in [0.1, 0.15) is 6.07 Å². The van der Waals surface area contributed by atoms with Crippen LogP contribution >= 0.6 is 11.3 Å². The minimum atomic E-state index is 0.135. The van der Waals surface area contributed by atoms with Gasteiger partial charge in [0.05, 0.1) is 11.4 Å². The lowest BCUT2D eigenvalue weighted by Gasteiger charge is -1.90. The summed E-state index contributed by atoms with van der Waals surface area (Å²) in [5.41, 5.74) is 5.83. The summed E-state index contributed by atoms with van der Waals surface area (Å²) in [6.07, 6.45) is 0.451. The van der Waals surface area contributed by atoms with Crippen LogP contribution in [0.2, 0.25) is 0 Å². The van der Waals surface area contributed by atoms with Crippen molar-refractivity contribution in [3.05, 3.63) is 21.9 Å². The van der Waals surface area contributed by atoms with E-state index in [4.69, 9.17) is 16.4 Å². The molecule has 1 aromatic heterocycles. The van der Waals surface area contributed by atoms with Gasteiger partial charge in [-0.05, 0) is 6.07 Å². The van der Waals surface area contributed by atoms with E-state index in [9.17, 15) is 0 Å². The Bertz CT molecular complexity index is 308. The zero-order valence-corrected chi connectivity index (χ0v) is 6.61. The SMILES string of the molecule is N#Cc1csc(CC(=N)N)c1. The third-order valence-electron chi connectivity index (χ3n) is 1.15. The fourth-order valence-electron chi connectivity index (χ4n) is 0.720. The van der Waals surface area contributed by atoms with Crippen molar-refractivity contribution in [2.24, 2.45) is 5.73 Å². The van der Waals surface area contributed by atoms with Crippen LogP contribution in [0.4, 0.5) is 0 Å². The van der Waals surface area contributed by atoms with E-state index in [-0.39, 0.29) is 5.84 Å².